The molecule has 3 aromatic rings. The molecule has 1 fully saturated rings. The van der Waals surface area contributed by atoms with E-state index in [-0.39, 0.29) is 5.91 Å². The summed E-state index contributed by atoms with van der Waals surface area (Å²) in [6.45, 7) is 0. The van der Waals surface area contributed by atoms with Gasteiger partial charge in [0.1, 0.15) is 5.75 Å². The van der Waals surface area contributed by atoms with Gasteiger partial charge in [-0.15, -0.1) is 10.2 Å². The van der Waals surface area contributed by atoms with Gasteiger partial charge in [0.05, 0.1) is 18.6 Å². The van der Waals surface area contributed by atoms with Crippen LogP contribution in [0.3, 0.4) is 0 Å². The van der Waals surface area contributed by atoms with Crippen LogP contribution in [0, 0.1) is 0 Å². The van der Waals surface area contributed by atoms with Gasteiger partial charge in [0, 0.05) is 24.0 Å². The van der Waals surface area contributed by atoms with Gasteiger partial charge in [-0.3, -0.25) is 14.3 Å². The molecule has 1 amide bonds. The van der Waals surface area contributed by atoms with E-state index in [2.05, 4.69) is 20.5 Å². The van der Waals surface area contributed by atoms with E-state index < -0.39 is 0 Å². The van der Waals surface area contributed by atoms with Crippen LogP contribution in [0.4, 0.5) is 0 Å². The number of ether oxygens (including phenoxy) is 1. The molecule has 1 aliphatic rings. The number of carbonyl (C=O) groups is 1. The van der Waals surface area contributed by atoms with Crippen molar-refractivity contribution in [2.45, 2.75) is 36.9 Å². The molecule has 8 heteroatoms. The number of nitrogens with zero attached hydrogens (tertiary/aromatic N) is 4. The molecule has 0 aliphatic heterocycles. The Hall–Kier alpha value is -2.87. The molecule has 1 saturated carbocycles. The van der Waals surface area contributed by atoms with Gasteiger partial charge in [0.25, 0.3) is 0 Å². The topological polar surface area (TPSA) is 81.9 Å². The Balaban J connectivity index is 1.63. The van der Waals surface area contributed by atoms with Crippen LogP contribution in [0.1, 0.15) is 25.7 Å². The average Bonchev–Trinajstić information content (AvgIpc) is 3.42. The Labute approximate surface area is 173 Å². The summed E-state index contributed by atoms with van der Waals surface area (Å²) in [5, 5.41) is 12.5. The van der Waals surface area contributed by atoms with Crippen LogP contribution < -0.4 is 10.1 Å². The van der Waals surface area contributed by atoms with Crippen molar-refractivity contribution in [3.8, 4) is 22.8 Å². The van der Waals surface area contributed by atoms with Gasteiger partial charge in [0.2, 0.25) is 5.91 Å². The summed E-state index contributed by atoms with van der Waals surface area (Å²) in [5.41, 5.74) is 1.71. The SMILES string of the molecule is COc1ccccc1-n1c(SCC(=O)NC2CCCC2)nnc1-c1ccncc1. The molecule has 2 aromatic heterocycles. The van der Waals surface area contributed by atoms with Crippen LogP contribution in [-0.4, -0.2) is 44.6 Å². The highest BCUT2D eigenvalue weighted by molar-refractivity contribution is 7.99. The number of methoxy groups -OCH3 is 1. The molecular weight excluding hydrogens is 386 g/mol. The second-order valence-electron chi connectivity index (χ2n) is 6.89. The fraction of sp³-hybridized carbons (Fsp3) is 0.333. The number of hydrogen-bond acceptors (Lipinski definition) is 6. The molecular formula is C21H23N5O2S. The monoisotopic (exact) mass is 409 g/mol. The molecule has 0 unspecified atom stereocenters. The van der Waals surface area contributed by atoms with Crippen LogP contribution >= 0.6 is 11.8 Å². The number of hydrogen-bond donors (Lipinski definition) is 1. The molecule has 1 aliphatic carbocycles. The van der Waals surface area contributed by atoms with E-state index in [0.29, 0.717) is 28.5 Å². The van der Waals surface area contributed by atoms with E-state index >= 15 is 0 Å². The van der Waals surface area contributed by atoms with E-state index in [1.165, 1.54) is 24.6 Å². The first-order valence-corrected chi connectivity index (χ1v) is 10.7. The zero-order chi connectivity index (χ0) is 20.1. The van der Waals surface area contributed by atoms with Crippen LogP contribution in [-0.2, 0) is 4.79 Å². The number of nitrogens with one attached hydrogen (secondary N) is 1. The van der Waals surface area contributed by atoms with Crippen molar-refractivity contribution in [2.75, 3.05) is 12.9 Å². The van der Waals surface area contributed by atoms with Crippen LogP contribution in [0.15, 0.2) is 53.9 Å². The highest BCUT2D eigenvalue weighted by Gasteiger charge is 2.21. The fourth-order valence-electron chi connectivity index (χ4n) is 3.55. The summed E-state index contributed by atoms with van der Waals surface area (Å²) in [6, 6.07) is 11.8. The summed E-state index contributed by atoms with van der Waals surface area (Å²) in [7, 11) is 1.64. The lowest BCUT2D eigenvalue weighted by Crippen LogP contribution is -2.33. The van der Waals surface area contributed by atoms with Crippen molar-refractivity contribution in [3.05, 3.63) is 48.8 Å². The number of para-hydroxylation sites is 2. The lowest BCUT2D eigenvalue weighted by Gasteiger charge is -2.14. The lowest BCUT2D eigenvalue weighted by molar-refractivity contribution is -0.119. The maximum Gasteiger partial charge on any atom is 0.230 e. The summed E-state index contributed by atoms with van der Waals surface area (Å²) in [6.07, 6.45) is 7.96. The Morgan fingerprint density at radius 2 is 1.93 bits per heavy atom. The number of amides is 1. The average molecular weight is 410 g/mol. The standard InChI is InChI=1S/C21H23N5O2S/c1-28-18-9-5-4-8-17(18)26-20(15-10-12-22-13-11-15)24-25-21(26)29-14-19(27)23-16-6-2-3-7-16/h4-5,8-13,16H,2-3,6-7,14H2,1H3,(H,23,27). The highest BCUT2D eigenvalue weighted by Crippen LogP contribution is 2.32. The van der Waals surface area contributed by atoms with Crippen molar-refractivity contribution in [1.29, 1.82) is 0 Å². The maximum absolute atomic E-state index is 12.4. The number of rotatable bonds is 7. The third-order valence-corrected chi connectivity index (χ3v) is 5.88. The van der Waals surface area contributed by atoms with Gasteiger partial charge in [-0.2, -0.15) is 0 Å². The molecule has 0 bridgehead atoms. The molecule has 0 saturated heterocycles. The first-order chi connectivity index (χ1) is 14.3. The molecule has 4 rings (SSSR count). The van der Waals surface area contributed by atoms with Crippen molar-refractivity contribution < 1.29 is 9.53 Å². The van der Waals surface area contributed by atoms with Gasteiger partial charge in [-0.1, -0.05) is 36.7 Å². The van der Waals surface area contributed by atoms with Gasteiger partial charge in [-0.05, 0) is 37.1 Å². The summed E-state index contributed by atoms with van der Waals surface area (Å²) in [5.74, 6) is 1.71. The Bertz CT molecular complexity index is 970. The third-order valence-electron chi connectivity index (χ3n) is 4.95. The Kier molecular flexibility index (Phi) is 6.09. The predicted octanol–water partition coefficient (Wildman–Crippen LogP) is 3.49. The molecule has 0 atom stereocenters. The first kappa shape index (κ1) is 19.4. The summed E-state index contributed by atoms with van der Waals surface area (Å²) >= 11 is 1.37. The van der Waals surface area contributed by atoms with E-state index in [0.717, 1.165) is 24.1 Å². The molecule has 29 heavy (non-hydrogen) atoms. The summed E-state index contributed by atoms with van der Waals surface area (Å²) in [4.78, 5) is 16.5. The van der Waals surface area contributed by atoms with Crippen molar-refractivity contribution in [1.82, 2.24) is 25.1 Å². The Morgan fingerprint density at radius 3 is 2.69 bits per heavy atom. The normalized spacial score (nSPS) is 14.1. The number of carbonyl (C=O) groups excluding carboxylic acids is 1. The lowest BCUT2D eigenvalue weighted by atomic mass is 10.2. The molecule has 1 aromatic carbocycles. The summed E-state index contributed by atoms with van der Waals surface area (Å²) < 4.78 is 7.48. The van der Waals surface area contributed by atoms with Gasteiger partial charge >= 0.3 is 0 Å². The zero-order valence-electron chi connectivity index (χ0n) is 16.2. The molecule has 1 N–H and O–H groups in total. The van der Waals surface area contributed by atoms with Crippen molar-refractivity contribution in [2.24, 2.45) is 0 Å². The number of benzene rings is 1. The van der Waals surface area contributed by atoms with Crippen LogP contribution in [0.5, 0.6) is 5.75 Å². The largest absolute Gasteiger partial charge is 0.495 e. The molecule has 7 nitrogen and oxygen atoms in total. The zero-order valence-corrected chi connectivity index (χ0v) is 17.1. The smallest absolute Gasteiger partial charge is 0.230 e. The van der Waals surface area contributed by atoms with Gasteiger partial charge in [0.15, 0.2) is 11.0 Å². The van der Waals surface area contributed by atoms with E-state index in [1.54, 1.807) is 19.5 Å². The molecule has 0 radical (unpaired) electrons. The molecule has 0 spiro atoms. The van der Waals surface area contributed by atoms with Crippen LogP contribution in [0.25, 0.3) is 17.1 Å². The number of thioether (sulfide) groups is 1. The van der Waals surface area contributed by atoms with Gasteiger partial charge < -0.3 is 10.1 Å². The minimum Gasteiger partial charge on any atom is -0.495 e. The van der Waals surface area contributed by atoms with Gasteiger partial charge in [-0.25, -0.2) is 0 Å². The Morgan fingerprint density at radius 1 is 1.17 bits per heavy atom. The fourth-order valence-corrected chi connectivity index (χ4v) is 4.31. The third kappa shape index (κ3) is 4.42. The van der Waals surface area contributed by atoms with Crippen LogP contribution in [0.2, 0.25) is 0 Å². The van der Waals surface area contributed by atoms with E-state index in [4.69, 9.17) is 4.74 Å². The minimum atomic E-state index is 0.0296. The number of aromatic nitrogens is 4. The minimum absolute atomic E-state index is 0.0296. The maximum atomic E-state index is 12.4. The molecule has 2 heterocycles. The highest BCUT2D eigenvalue weighted by atomic mass is 32.2. The van der Waals surface area contributed by atoms with Crippen molar-refractivity contribution >= 4 is 17.7 Å². The number of pyridine rings is 1. The van der Waals surface area contributed by atoms with E-state index in [1.807, 2.05) is 41.0 Å². The predicted molar refractivity (Wildman–Crippen MR) is 112 cm³/mol. The molecule has 150 valence electrons. The first-order valence-electron chi connectivity index (χ1n) is 9.67. The second kappa shape index (κ2) is 9.09. The quantitative estimate of drug-likeness (QED) is 0.602. The van der Waals surface area contributed by atoms with Crippen molar-refractivity contribution in [3.63, 3.8) is 0 Å². The van der Waals surface area contributed by atoms with E-state index in [9.17, 15) is 4.79 Å². The second-order valence-corrected chi connectivity index (χ2v) is 7.83.